The van der Waals surface area contributed by atoms with E-state index in [4.69, 9.17) is 14.2 Å². The zero-order valence-corrected chi connectivity index (χ0v) is 51.8. The second-order valence-corrected chi connectivity index (χ2v) is 23.8. The van der Waals surface area contributed by atoms with Gasteiger partial charge >= 0.3 is 17.9 Å². The van der Waals surface area contributed by atoms with Gasteiger partial charge in [0.2, 0.25) is 0 Å². The topological polar surface area (TPSA) is 78.9 Å². The van der Waals surface area contributed by atoms with Crippen molar-refractivity contribution in [3.63, 3.8) is 0 Å². The van der Waals surface area contributed by atoms with Gasteiger partial charge in [-0.15, -0.1) is 0 Å². The maximum Gasteiger partial charge on any atom is 0.306 e. The molecule has 0 saturated carbocycles. The Hall–Kier alpha value is -1.85. The van der Waals surface area contributed by atoms with Gasteiger partial charge in [-0.25, -0.2) is 0 Å². The molecule has 76 heavy (non-hydrogen) atoms. The van der Waals surface area contributed by atoms with Crippen LogP contribution in [0.1, 0.15) is 400 Å². The normalized spacial score (nSPS) is 12.0. The van der Waals surface area contributed by atoms with E-state index >= 15 is 0 Å². The standard InChI is InChI=1S/C70H134O6/c1-4-7-10-13-16-19-22-25-28-31-34-36-39-42-45-48-51-54-57-60-63-69(72)75-66-67(65-74-68(71)62-59-56-53-50-47-44-41-38-33-30-27-24-21-18-15-12-9-6-3)76-70(73)64-61-58-55-52-49-46-43-40-37-35-32-29-26-23-20-17-14-11-8-5-2/h30,33,67H,4-29,31-32,34-66H2,1-3H3/b33-30-. The molecule has 0 aliphatic rings. The number of hydrogen-bond acceptors (Lipinski definition) is 6. The van der Waals surface area contributed by atoms with Crippen LogP contribution in [-0.4, -0.2) is 37.2 Å². The van der Waals surface area contributed by atoms with Crippen molar-refractivity contribution in [3.05, 3.63) is 12.2 Å². The molecule has 6 heteroatoms. The Morgan fingerprint density at radius 3 is 0.658 bits per heavy atom. The maximum absolute atomic E-state index is 12.9. The lowest BCUT2D eigenvalue weighted by Gasteiger charge is -2.18. The molecule has 0 saturated heterocycles. The summed E-state index contributed by atoms with van der Waals surface area (Å²) in [5, 5.41) is 0. The average molecular weight is 1070 g/mol. The summed E-state index contributed by atoms with van der Waals surface area (Å²) >= 11 is 0. The van der Waals surface area contributed by atoms with Crippen molar-refractivity contribution in [1.82, 2.24) is 0 Å². The molecule has 0 aromatic rings. The predicted molar refractivity (Wildman–Crippen MR) is 330 cm³/mol. The molecule has 0 aromatic heterocycles. The highest BCUT2D eigenvalue weighted by Gasteiger charge is 2.19. The van der Waals surface area contributed by atoms with Crippen LogP contribution in [0.15, 0.2) is 12.2 Å². The van der Waals surface area contributed by atoms with Crippen molar-refractivity contribution in [1.29, 1.82) is 0 Å². The van der Waals surface area contributed by atoms with E-state index < -0.39 is 6.10 Å². The van der Waals surface area contributed by atoms with Gasteiger partial charge in [0.05, 0.1) is 0 Å². The summed E-state index contributed by atoms with van der Waals surface area (Å²) < 4.78 is 17.0. The van der Waals surface area contributed by atoms with Crippen LogP contribution in [0.2, 0.25) is 0 Å². The van der Waals surface area contributed by atoms with E-state index in [-0.39, 0.29) is 31.1 Å². The molecule has 0 aromatic carbocycles. The fraction of sp³-hybridized carbons (Fsp3) is 0.929. The predicted octanol–water partition coefficient (Wildman–Crippen LogP) is 23.6. The third-order valence-corrected chi connectivity index (χ3v) is 16.0. The van der Waals surface area contributed by atoms with E-state index in [1.54, 1.807) is 0 Å². The van der Waals surface area contributed by atoms with Gasteiger partial charge in [0.15, 0.2) is 6.10 Å². The fourth-order valence-electron chi connectivity index (χ4n) is 10.8. The minimum atomic E-state index is -0.768. The van der Waals surface area contributed by atoms with Crippen molar-refractivity contribution in [2.45, 2.75) is 406 Å². The van der Waals surface area contributed by atoms with E-state index in [9.17, 15) is 14.4 Å². The van der Waals surface area contributed by atoms with Gasteiger partial charge < -0.3 is 14.2 Å². The Labute approximate surface area is 475 Å². The van der Waals surface area contributed by atoms with Crippen LogP contribution >= 0.6 is 0 Å². The smallest absolute Gasteiger partial charge is 0.306 e. The number of carbonyl (C=O) groups excluding carboxylic acids is 3. The minimum Gasteiger partial charge on any atom is -0.462 e. The SMILES string of the molecule is CCCCCCCCC/C=C\CCCCCCCCCC(=O)OCC(COC(=O)CCCCCCCCCCCCCCCCCCCCCC)OC(=O)CCCCCCCCCCCCCCCCCCCCCC. The van der Waals surface area contributed by atoms with Gasteiger partial charge in [-0.05, 0) is 44.9 Å². The monoisotopic (exact) mass is 1070 g/mol. The molecule has 1 unspecified atom stereocenters. The number of rotatable bonds is 65. The van der Waals surface area contributed by atoms with Crippen molar-refractivity contribution < 1.29 is 28.6 Å². The maximum atomic E-state index is 12.9. The summed E-state index contributed by atoms with van der Waals surface area (Å²) in [5.41, 5.74) is 0. The van der Waals surface area contributed by atoms with Crippen LogP contribution in [0.5, 0.6) is 0 Å². The largest absolute Gasteiger partial charge is 0.462 e. The molecule has 1 atom stereocenters. The Balaban J connectivity index is 4.29. The van der Waals surface area contributed by atoms with Gasteiger partial charge in [0.25, 0.3) is 0 Å². The highest BCUT2D eigenvalue weighted by molar-refractivity contribution is 5.71. The molecule has 0 rings (SSSR count). The zero-order valence-electron chi connectivity index (χ0n) is 51.8. The second kappa shape index (κ2) is 65.7. The molecule has 0 aliphatic carbocycles. The Kier molecular flexibility index (Phi) is 64.1. The summed E-state index contributed by atoms with van der Waals surface area (Å²) in [4.78, 5) is 38.4. The van der Waals surface area contributed by atoms with Crippen LogP contribution in [0, 0.1) is 0 Å². The average Bonchev–Trinajstić information content (AvgIpc) is 3.42. The third-order valence-electron chi connectivity index (χ3n) is 16.0. The first-order valence-electron chi connectivity index (χ1n) is 34.7. The number of carbonyl (C=O) groups is 3. The number of allylic oxidation sites excluding steroid dienone is 2. The lowest BCUT2D eigenvalue weighted by atomic mass is 10.0. The quantitative estimate of drug-likeness (QED) is 0.0261. The van der Waals surface area contributed by atoms with E-state index in [1.807, 2.05) is 0 Å². The van der Waals surface area contributed by atoms with Gasteiger partial charge in [-0.3, -0.25) is 14.4 Å². The van der Waals surface area contributed by atoms with E-state index in [2.05, 4.69) is 32.9 Å². The van der Waals surface area contributed by atoms with Gasteiger partial charge in [0, 0.05) is 19.3 Å². The first-order valence-corrected chi connectivity index (χ1v) is 34.7. The highest BCUT2D eigenvalue weighted by atomic mass is 16.6. The minimum absolute atomic E-state index is 0.0642. The lowest BCUT2D eigenvalue weighted by Crippen LogP contribution is -2.30. The molecule has 0 bridgehead atoms. The molecule has 450 valence electrons. The summed E-state index contributed by atoms with van der Waals surface area (Å²) in [6.07, 6.45) is 78.0. The molecule has 0 amide bonds. The Morgan fingerprint density at radius 1 is 0.250 bits per heavy atom. The molecule has 0 spiro atoms. The zero-order chi connectivity index (χ0) is 55.0. The lowest BCUT2D eigenvalue weighted by molar-refractivity contribution is -0.167. The molecule has 6 nitrogen and oxygen atoms in total. The summed E-state index contributed by atoms with van der Waals surface area (Å²) in [7, 11) is 0. The van der Waals surface area contributed by atoms with Crippen LogP contribution < -0.4 is 0 Å². The van der Waals surface area contributed by atoms with E-state index in [1.165, 1.54) is 302 Å². The summed E-state index contributed by atoms with van der Waals surface area (Å²) in [6, 6.07) is 0. The number of hydrogen-bond donors (Lipinski definition) is 0. The fourth-order valence-corrected chi connectivity index (χ4v) is 10.8. The molecular formula is C70H134O6. The summed E-state index contributed by atoms with van der Waals surface area (Å²) in [6.45, 7) is 6.73. The van der Waals surface area contributed by atoms with Crippen LogP contribution in [-0.2, 0) is 28.6 Å². The van der Waals surface area contributed by atoms with Crippen molar-refractivity contribution >= 4 is 17.9 Å². The molecule has 0 aliphatic heterocycles. The second-order valence-electron chi connectivity index (χ2n) is 23.8. The summed E-state index contributed by atoms with van der Waals surface area (Å²) in [5.74, 6) is -0.832. The highest BCUT2D eigenvalue weighted by Crippen LogP contribution is 2.19. The number of esters is 3. The van der Waals surface area contributed by atoms with Crippen molar-refractivity contribution in [2.75, 3.05) is 13.2 Å². The van der Waals surface area contributed by atoms with E-state index in [0.717, 1.165) is 57.8 Å². The van der Waals surface area contributed by atoms with Crippen LogP contribution in [0.3, 0.4) is 0 Å². The van der Waals surface area contributed by atoms with Crippen molar-refractivity contribution in [3.8, 4) is 0 Å². The molecule has 0 heterocycles. The van der Waals surface area contributed by atoms with Gasteiger partial charge in [-0.2, -0.15) is 0 Å². The van der Waals surface area contributed by atoms with Gasteiger partial charge in [-0.1, -0.05) is 348 Å². The molecule has 0 N–H and O–H groups in total. The molecule has 0 fully saturated rings. The molecule has 0 radical (unpaired) electrons. The first kappa shape index (κ1) is 74.2. The number of unbranched alkanes of at least 4 members (excludes halogenated alkanes) is 52. The van der Waals surface area contributed by atoms with Crippen LogP contribution in [0.4, 0.5) is 0 Å². The van der Waals surface area contributed by atoms with Crippen LogP contribution in [0.25, 0.3) is 0 Å². The third kappa shape index (κ3) is 63.0. The first-order chi connectivity index (χ1) is 37.5. The Bertz CT molecular complexity index is 1180. The molecular weight excluding hydrogens is 937 g/mol. The van der Waals surface area contributed by atoms with Crippen molar-refractivity contribution in [2.24, 2.45) is 0 Å². The van der Waals surface area contributed by atoms with E-state index in [0.29, 0.717) is 19.3 Å². The van der Waals surface area contributed by atoms with Gasteiger partial charge in [0.1, 0.15) is 13.2 Å². The number of ether oxygens (including phenoxy) is 3. The Morgan fingerprint density at radius 2 is 0.434 bits per heavy atom.